The molecule has 3 aromatic rings. The highest BCUT2D eigenvalue weighted by Crippen LogP contribution is 2.24. The summed E-state index contributed by atoms with van der Waals surface area (Å²) in [6, 6.07) is 9.18. The number of hydrogen-bond donors (Lipinski definition) is 1. The number of rotatable bonds is 2. The summed E-state index contributed by atoms with van der Waals surface area (Å²) in [5.74, 6) is -0.180. The Morgan fingerprint density at radius 2 is 2.11 bits per heavy atom. The fraction of sp³-hybridized carbons (Fsp3) is 0. The second-order valence-electron chi connectivity index (χ2n) is 3.80. The van der Waals surface area contributed by atoms with E-state index in [-0.39, 0.29) is 5.91 Å². The number of hydrogen-bond acceptors (Lipinski definition) is 4. The van der Waals surface area contributed by atoms with Crippen molar-refractivity contribution in [1.29, 1.82) is 0 Å². The summed E-state index contributed by atoms with van der Waals surface area (Å²) >= 11 is 4.69. The number of aromatic nitrogens is 2. The molecule has 1 amide bonds. The molecule has 0 unspecified atom stereocenters. The van der Waals surface area contributed by atoms with Crippen LogP contribution < -0.4 is 5.32 Å². The molecule has 1 aromatic carbocycles. The Labute approximate surface area is 121 Å². The standard InChI is InChI=1S/C13H8BrN3OS/c14-11-7-16-13(19-11)17-12(18)9-3-1-5-10-8(9)4-2-6-15-10/h1-7H,(H,16,17,18). The lowest BCUT2D eigenvalue weighted by Crippen LogP contribution is -2.12. The van der Waals surface area contributed by atoms with E-state index in [1.807, 2.05) is 24.3 Å². The lowest BCUT2D eigenvalue weighted by atomic mass is 10.1. The van der Waals surface area contributed by atoms with Crippen molar-refractivity contribution >= 4 is 49.2 Å². The zero-order chi connectivity index (χ0) is 13.2. The van der Waals surface area contributed by atoms with Crippen LogP contribution in [0, 0.1) is 0 Å². The van der Waals surface area contributed by atoms with Gasteiger partial charge in [-0.15, -0.1) is 0 Å². The van der Waals surface area contributed by atoms with Crippen molar-refractivity contribution in [1.82, 2.24) is 9.97 Å². The van der Waals surface area contributed by atoms with Gasteiger partial charge in [0.2, 0.25) is 0 Å². The maximum absolute atomic E-state index is 12.2. The van der Waals surface area contributed by atoms with Gasteiger partial charge in [-0.1, -0.05) is 23.5 Å². The predicted octanol–water partition coefficient (Wildman–Crippen LogP) is 3.71. The maximum Gasteiger partial charge on any atom is 0.258 e. The van der Waals surface area contributed by atoms with Crippen LogP contribution in [0.1, 0.15) is 10.4 Å². The zero-order valence-electron chi connectivity index (χ0n) is 9.63. The van der Waals surface area contributed by atoms with Gasteiger partial charge >= 0.3 is 0 Å². The van der Waals surface area contributed by atoms with Gasteiger partial charge in [0.05, 0.1) is 15.5 Å². The predicted molar refractivity (Wildman–Crippen MR) is 79.5 cm³/mol. The number of fused-ring (bicyclic) bond motifs is 1. The Bertz CT molecular complexity index is 751. The Morgan fingerprint density at radius 1 is 1.21 bits per heavy atom. The van der Waals surface area contributed by atoms with Crippen LogP contribution >= 0.6 is 27.3 Å². The second-order valence-corrected chi connectivity index (χ2v) is 6.21. The van der Waals surface area contributed by atoms with Gasteiger partial charge in [-0.2, -0.15) is 0 Å². The van der Waals surface area contributed by atoms with Gasteiger partial charge in [0.1, 0.15) is 0 Å². The van der Waals surface area contributed by atoms with Gasteiger partial charge in [0, 0.05) is 17.1 Å². The fourth-order valence-electron chi connectivity index (χ4n) is 1.78. The summed E-state index contributed by atoms with van der Waals surface area (Å²) in [7, 11) is 0. The van der Waals surface area contributed by atoms with E-state index in [1.54, 1.807) is 18.5 Å². The largest absolute Gasteiger partial charge is 0.298 e. The lowest BCUT2D eigenvalue weighted by molar-refractivity contribution is 0.102. The molecule has 2 aromatic heterocycles. The molecule has 4 nitrogen and oxygen atoms in total. The molecule has 0 radical (unpaired) electrons. The average molecular weight is 334 g/mol. The van der Waals surface area contributed by atoms with E-state index >= 15 is 0 Å². The normalized spacial score (nSPS) is 10.6. The minimum Gasteiger partial charge on any atom is -0.298 e. The van der Waals surface area contributed by atoms with E-state index in [2.05, 4.69) is 31.2 Å². The number of halogens is 1. The van der Waals surface area contributed by atoms with E-state index < -0.39 is 0 Å². The van der Waals surface area contributed by atoms with Crippen LogP contribution in [-0.2, 0) is 0 Å². The third kappa shape index (κ3) is 2.50. The van der Waals surface area contributed by atoms with Crippen molar-refractivity contribution in [2.24, 2.45) is 0 Å². The number of carbonyl (C=O) groups is 1. The average Bonchev–Trinajstić information content (AvgIpc) is 2.83. The molecule has 0 aliphatic rings. The molecule has 0 aliphatic carbocycles. The first-order valence-electron chi connectivity index (χ1n) is 5.50. The number of thiazole rings is 1. The van der Waals surface area contributed by atoms with Gasteiger partial charge in [-0.3, -0.25) is 15.1 Å². The van der Waals surface area contributed by atoms with Crippen LogP contribution in [0.2, 0.25) is 0 Å². The van der Waals surface area contributed by atoms with Gasteiger partial charge in [0.25, 0.3) is 5.91 Å². The molecule has 0 saturated carbocycles. The number of anilines is 1. The summed E-state index contributed by atoms with van der Waals surface area (Å²) < 4.78 is 0.877. The van der Waals surface area contributed by atoms with E-state index in [4.69, 9.17) is 0 Å². The van der Waals surface area contributed by atoms with Crippen LogP contribution in [0.5, 0.6) is 0 Å². The molecule has 0 atom stereocenters. The molecule has 1 N–H and O–H groups in total. The quantitative estimate of drug-likeness (QED) is 0.777. The molecule has 0 spiro atoms. The molecule has 94 valence electrons. The van der Waals surface area contributed by atoms with Gasteiger partial charge in [0.15, 0.2) is 5.13 Å². The lowest BCUT2D eigenvalue weighted by Gasteiger charge is -2.05. The number of nitrogens with one attached hydrogen (secondary N) is 1. The molecule has 0 saturated heterocycles. The van der Waals surface area contributed by atoms with Crippen LogP contribution in [0.25, 0.3) is 10.9 Å². The smallest absolute Gasteiger partial charge is 0.258 e. The Hall–Kier alpha value is -1.79. The van der Waals surface area contributed by atoms with Gasteiger partial charge in [-0.05, 0) is 34.1 Å². The zero-order valence-corrected chi connectivity index (χ0v) is 12.0. The summed E-state index contributed by atoms with van der Waals surface area (Å²) in [4.78, 5) is 20.6. The highest BCUT2D eigenvalue weighted by atomic mass is 79.9. The molecule has 2 heterocycles. The van der Waals surface area contributed by atoms with Crippen molar-refractivity contribution in [3.05, 3.63) is 52.1 Å². The number of pyridine rings is 1. The fourth-order valence-corrected chi connectivity index (χ4v) is 2.88. The highest BCUT2D eigenvalue weighted by molar-refractivity contribution is 9.11. The number of nitrogens with zero attached hydrogens (tertiary/aromatic N) is 2. The summed E-state index contributed by atoms with van der Waals surface area (Å²) in [5.41, 5.74) is 1.40. The molecule has 19 heavy (non-hydrogen) atoms. The van der Waals surface area contributed by atoms with Gasteiger partial charge in [-0.25, -0.2) is 4.98 Å². The minimum absolute atomic E-state index is 0.180. The van der Waals surface area contributed by atoms with Crippen molar-refractivity contribution in [3.63, 3.8) is 0 Å². The molecule has 0 fully saturated rings. The topological polar surface area (TPSA) is 54.9 Å². The molecular formula is C13H8BrN3OS. The van der Waals surface area contributed by atoms with E-state index in [1.165, 1.54) is 11.3 Å². The number of amides is 1. The maximum atomic E-state index is 12.2. The molecule has 6 heteroatoms. The SMILES string of the molecule is O=C(Nc1ncc(Br)s1)c1cccc2ncccc12. The van der Waals surface area contributed by atoms with Crippen LogP contribution in [0.4, 0.5) is 5.13 Å². The van der Waals surface area contributed by atoms with E-state index in [9.17, 15) is 4.79 Å². The molecule has 0 aliphatic heterocycles. The molecule has 0 bridgehead atoms. The Morgan fingerprint density at radius 3 is 2.89 bits per heavy atom. The molecular weight excluding hydrogens is 326 g/mol. The van der Waals surface area contributed by atoms with Crippen molar-refractivity contribution in [2.75, 3.05) is 5.32 Å². The van der Waals surface area contributed by atoms with Crippen LogP contribution in [0.15, 0.2) is 46.5 Å². The number of carbonyl (C=O) groups excluding carboxylic acids is 1. The first kappa shape index (κ1) is 12.3. The monoisotopic (exact) mass is 333 g/mol. The first-order valence-corrected chi connectivity index (χ1v) is 7.11. The van der Waals surface area contributed by atoms with E-state index in [0.29, 0.717) is 10.7 Å². The highest BCUT2D eigenvalue weighted by Gasteiger charge is 2.11. The summed E-state index contributed by atoms with van der Waals surface area (Å²) in [5, 5.41) is 4.18. The van der Waals surface area contributed by atoms with Crippen molar-refractivity contribution in [2.45, 2.75) is 0 Å². The van der Waals surface area contributed by atoms with Crippen LogP contribution in [-0.4, -0.2) is 15.9 Å². The van der Waals surface area contributed by atoms with Gasteiger partial charge < -0.3 is 0 Å². The second kappa shape index (κ2) is 5.07. The first-order chi connectivity index (χ1) is 9.24. The summed E-state index contributed by atoms with van der Waals surface area (Å²) in [6.07, 6.45) is 3.37. The third-order valence-electron chi connectivity index (χ3n) is 2.59. The summed E-state index contributed by atoms with van der Waals surface area (Å²) in [6.45, 7) is 0. The van der Waals surface area contributed by atoms with Crippen molar-refractivity contribution in [3.8, 4) is 0 Å². The minimum atomic E-state index is -0.180. The Balaban J connectivity index is 1.97. The Kier molecular flexibility index (Phi) is 3.27. The number of benzene rings is 1. The van der Waals surface area contributed by atoms with Crippen LogP contribution in [0.3, 0.4) is 0 Å². The molecule has 3 rings (SSSR count). The van der Waals surface area contributed by atoms with Crippen molar-refractivity contribution < 1.29 is 4.79 Å². The van der Waals surface area contributed by atoms with E-state index in [0.717, 1.165) is 14.7 Å². The third-order valence-corrected chi connectivity index (χ3v) is 3.98.